The molecule has 0 N–H and O–H groups in total. The molecule has 0 spiro atoms. The van der Waals surface area contributed by atoms with Gasteiger partial charge in [-0.15, -0.1) is 0 Å². The van der Waals surface area contributed by atoms with E-state index in [-0.39, 0.29) is 29.5 Å². The van der Waals surface area contributed by atoms with Gasteiger partial charge in [0.1, 0.15) is 24.0 Å². The Kier molecular flexibility index (Phi) is 2.85. The Morgan fingerprint density at radius 3 is 2.89 bits per heavy atom. The molecule has 1 aromatic rings. The molecule has 0 bridgehead atoms. The summed E-state index contributed by atoms with van der Waals surface area (Å²) in [5.41, 5.74) is -0.00643. The summed E-state index contributed by atoms with van der Waals surface area (Å²) in [5.74, 6) is 0.0550. The molecule has 0 atom stereocenters. The van der Waals surface area contributed by atoms with Crippen molar-refractivity contribution in [3.05, 3.63) is 27.8 Å². The first kappa shape index (κ1) is 11.9. The van der Waals surface area contributed by atoms with E-state index in [2.05, 4.69) is 0 Å². The van der Waals surface area contributed by atoms with Gasteiger partial charge in [-0.1, -0.05) is 0 Å². The van der Waals surface area contributed by atoms with Crippen molar-refractivity contribution in [2.45, 2.75) is 6.92 Å². The van der Waals surface area contributed by atoms with Gasteiger partial charge in [-0.2, -0.15) is 5.26 Å². The van der Waals surface area contributed by atoms with Crippen LogP contribution >= 0.6 is 0 Å². The largest absolute Gasteiger partial charge is 0.489 e. The van der Waals surface area contributed by atoms with Crippen molar-refractivity contribution in [2.75, 3.05) is 18.1 Å². The Labute approximate surface area is 102 Å². The van der Waals surface area contributed by atoms with E-state index in [1.54, 1.807) is 6.07 Å². The monoisotopic (exact) mass is 247 g/mol. The fourth-order valence-corrected chi connectivity index (χ4v) is 1.82. The second-order valence-corrected chi connectivity index (χ2v) is 3.73. The van der Waals surface area contributed by atoms with E-state index in [1.807, 2.05) is 0 Å². The van der Waals surface area contributed by atoms with Gasteiger partial charge >= 0.3 is 0 Å². The number of nitro groups is 1. The van der Waals surface area contributed by atoms with Crippen molar-refractivity contribution in [3.63, 3.8) is 0 Å². The van der Waals surface area contributed by atoms with Gasteiger partial charge in [0.25, 0.3) is 5.69 Å². The molecule has 7 nitrogen and oxygen atoms in total. The zero-order valence-corrected chi connectivity index (χ0v) is 9.54. The molecule has 7 heteroatoms. The number of hydrogen-bond donors (Lipinski definition) is 0. The van der Waals surface area contributed by atoms with Crippen LogP contribution in [0.25, 0.3) is 0 Å². The number of rotatable bonds is 1. The number of ether oxygens (including phenoxy) is 1. The smallest absolute Gasteiger partial charge is 0.290 e. The minimum Gasteiger partial charge on any atom is -0.489 e. The zero-order valence-electron chi connectivity index (χ0n) is 9.54. The maximum Gasteiger partial charge on any atom is 0.290 e. The first-order valence-corrected chi connectivity index (χ1v) is 5.18. The Bertz CT molecular complexity index is 576. The lowest BCUT2D eigenvalue weighted by Gasteiger charge is -2.28. The van der Waals surface area contributed by atoms with Crippen LogP contribution in [0.3, 0.4) is 0 Å². The zero-order chi connectivity index (χ0) is 13.3. The molecule has 92 valence electrons. The fraction of sp³-hybridized carbons (Fsp3) is 0.273. The van der Waals surface area contributed by atoms with Crippen LogP contribution < -0.4 is 9.64 Å². The number of nitriles is 1. The molecule has 1 aromatic carbocycles. The minimum absolute atomic E-state index is 0.0875. The quantitative estimate of drug-likeness (QED) is 0.549. The molecule has 1 amide bonds. The number of anilines is 1. The van der Waals surface area contributed by atoms with Gasteiger partial charge in [-0.3, -0.25) is 14.9 Å². The lowest BCUT2D eigenvalue weighted by Crippen LogP contribution is -2.36. The lowest BCUT2D eigenvalue weighted by molar-refractivity contribution is -0.385. The number of amides is 1. The molecule has 0 aromatic heterocycles. The average molecular weight is 247 g/mol. The molecule has 18 heavy (non-hydrogen) atoms. The highest BCUT2D eigenvalue weighted by molar-refractivity contribution is 5.94. The predicted molar refractivity (Wildman–Crippen MR) is 61.3 cm³/mol. The van der Waals surface area contributed by atoms with Crippen LogP contribution in [-0.4, -0.2) is 24.0 Å². The highest BCUT2D eigenvalue weighted by Gasteiger charge is 2.26. The average Bonchev–Trinajstić information content (AvgIpc) is 2.35. The molecule has 0 saturated carbocycles. The van der Waals surface area contributed by atoms with E-state index in [0.29, 0.717) is 12.2 Å². The number of carbonyl (C=O) groups excluding carboxylic acids is 1. The number of nitro benzene ring substituents is 1. The third kappa shape index (κ3) is 1.84. The maximum absolute atomic E-state index is 11.4. The molecule has 0 saturated heterocycles. The third-order valence-electron chi connectivity index (χ3n) is 2.64. The minimum atomic E-state index is -0.644. The van der Waals surface area contributed by atoms with Crippen molar-refractivity contribution >= 4 is 17.3 Å². The summed E-state index contributed by atoms with van der Waals surface area (Å²) in [6.45, 7) is 2.03. The summed E-state index contributed by atoms with van der Waals surface area (Å²) in [5, 5.41) is 19.7. The summed E-state index contributed by atoms with van der Waals surface area (Å²) < 4.78 is 5.29. The Morgan fingerprint density at radius 2 is 2.33 bits per heavy atom. The van der Waals surface area contributed by atoms with Gasteiger partial charge in [0.2, 0.25) is 5.91 Å². The summed E-state index contributed by atoms with van der Waals surface area (Å²) >= 11 is 0. The number of fused-ring (bicyclic) bond motifs is 1. The number of hydrogen-bond acceptors (Lipinski definition) is 5. The molecule has 0 radical (unpaired) electrons. The molecule has 0 unspecified atom stereocenters. The summed E-state index contributed by atoms with van der Waals surface area (Å²) in [6, 6.07) is 4.25. The first-order valence-electron chi connectivity index (χ1n) is 5.18. The van der Waals surface area contributed by atoms with Crippen LogP contribution in [0.15, 0.2) is 12.1 Å². The summed E-state index contributed by atoms with van der Waals surface area (Å²) in [7, 11) is 0. The number of benzene rings is 1. The maximum atomic E-state index is 11.4. The normalized spacial score (nSPS) is 13.2. The highest BCUT2D eigenvalue weighted by Crippen LogP contribution is 2.37. The number of carbonyl (C=O) groups is 1. The Morgan fingerprint density at radius 1 is 1.61 bits per heavy atom. The molecule has 1 heterocycles. The standard InChI is InChI=1S/C11H9N3O4/c1-7(15)13-2-3-18-11-5-9(14(16)17)8(6-12)4-10(11)13/h4-5H,2-3H2,1H3. The lowest BCUT2D eigenvalue weighted by atomic mass is 10.1. The third-order valence-corrected chi connectivity index (χ3v) is 2.64. The van der Waals surface area contributed by atoms with Crippen molar-refractivity contribution in [1.82, 2.24) is 0 Å². The van der Waals surface area contributed by atoms with E-state index >= 15 is 0 Å². The first-order chi connectivity index (χ1) is 8.54. The van der Waals surface area contributed by atoms with Crippen molar-refractivity contribution in [1.29, 1.82) is 5.26 Å². The number of nitrogens with zero attached hydrogens (tertiary/aromatic N) is 3. The molecular weight excluding hydrogens is 238 g/mol. The van der Waals surface area contributed by atoms with Crippen molar-refractivity contribution in [3.8, 4) is 11.8 Å². The fourth-order valence-electron chi connectivity index (χ4n) is 1.82. The Balaban J connectivity index is 2.61. The topological polar surface area (TPSA) is 96.5 Å². The van der Waals surface area contributed by atoms with Gasteiger partial charge < -0.3 is 9.64 Å². The predicted octanol–water partition coefficient (Wildman–Crippen LogP) is 1.21. The second-order valence-electron chi connectivity index (χ2n) is 3.73. The van der Waals surface area contributed by atoms with Crippen LogP contribution in [0, 0.1) is 21.4 Å². The van der Waals surface area contributed by atoms with Crippen LogP contribution in [0.5, 0.6) is 5.75 Å². The van der Waals surface area contributed by atoms with Crippen LogP contribution in [0.2, 0.25) is 0 Å². The van der Waals surface area contributed by atoms with Crippen LogP contribution in [0.4, 0.5) is 11.4 Å². The molecular formula is C11H9N3O4. The van der Waals surface area contributed by atoms with E-state index in [0.717, 1.165) is 0 Å². The summed E-state index contributed by atoms with van der Waals surface area (Å²) in [4.78, 5) is 23.0. The second kappa shape index (κ2) is 4.33. The van der Waals surface area contributed by atoms with Gasteiger partial charge in [0.15, 0.2) is 0 Å². The highest BCUT2D eigenvalue weighted by atomic mass is 16.6. The molecule has 2 rings (SSSR count). The van der Waals surface area contributed by atoms with E-state index in [1.165, 1.54) is 24.0 Å². The SMILES string of the molecule is CC(=O)N1CCOc2cc([N+](=O)[O-])c(C#N)cc21. The van der Waals surface area contributed by atoms with Crippen molar-refractivity contribution in [2.24, 2.45) is 0 Å². The van der Waals surface area contributed by atoms with Crippen LogP contribution in [-0.2, 0) is 4.79 Å². The van der Waals surface area contributed by atoms with Gasteiger partial charge in [-0.05, 0) is 6.07 Å². The van der Waals surface area contributed by atoms with Crippen LogP contribution in [0.1, 0.15) is 12.5 Å². The molecule has 0 aliphatic carbocycles. The van der Waals surface area contributed by atoms with Gasteiger partial charge in [0.05, 0.1) is 23.2 Å². The van der Waals surface area contributed by atoms with E-state index in [9.17, 15) is 14.9 Å². The molecule has 1 aliphatic heterocycles. The molecule has 0 fully saturated rings. The Hall–Kier alpha value is -2.62. The van der Waals surface area contributed by atoms with E-state index in [4.69, 9.17) is 10.00 Å². The summed E-state index contributed by atoms with van der Waals surface area (Å²) in [6.07, 6.45) is 0. The van der Waals surface area contributed by atoms with Gasteiger partial charge in [0, 0.05) is 6.92 Å². The van der Waals surface area contributed by atoms with Gasteiger partial charge in [-0.25, -0.2) is 0 Å². The molecule has 1 aliphatic rings. The van der Waals surface area contributed by atoms with E-state index < -0.39 is 4.92 Å². The van der Waals surface area contributed by atoms with Crippen molar-refractivity contribution < 1.29 is 14.5 Å².